The number of aromatic nitrogens is 2. The van der Waals surface area contributed by atoms with Gasteiger partial charge in [0.25, 0.3) is 0 Å². The summed E-state index contributed by atoms with van der Waals surface area (Å²) in [6.45, 7) is 3.09. The van der Waals surface area contributed by atoms with Crippen molar-refractivity contribution in [3.05, 3.63) is 90.3 Å². The monoisotopic (exact) mass is 399 g/mol. The summed E-state index contributed by atoms with van der Waals surface area (Å²) >= 11 is 0. The number of ether oxygens (including phenoxy) is 1. The van der Waals surface area contributed by atoms with E-state index in [4.69, 9.17) is 9.15 Å². The molecule has 5 nitrogen and oxygen atoms in total. The summed E-state index contributed by atoms with van der Waals surface area (Å²) in [5.41, 5.74) is 3.37. The van der Waals surface area contributed by atoms with Crippen LogP contribution in [0, 0.1) is 0 Å². The third kappa shape index (κ3) is 4.31. The van der Waals surface area contributed by atoms with Gasteiger partial charge in [0, 0.05) is 18.2 Å². The van der Waals surface area contributed by atoms with Crippen molar-refractivity contribution in [2.45, 2.75) is 25.3 Å². The maximum absolute atomic E-state index is 5.98. The van der Waals surface area contributed by atoms with Crippen molar-refractivity contribution in [2.24, 2.45) is 0 Å². The minimum atomic E-state index is 0.519. The van der Waals surface area contributed by atoms with E-state index < -0.39 is 0 Å². The van der Waals surface area contributed by atoms with Gasteiger partial charge in [0.05, 0.1) is 6.26 Å². The molecule has 152 valence electrons. The molecule has 0 amide bonds. The molecule has 0 aliphatic carbocycles. The van der Waals surface area contributed by atoms with E-state index in [0.717, 1.165) is 55.4 Å². The molecule has 2 aromatic carbocycles. The van der Waals surface area contributed by atoms with Crippen molar-refractivity contribution in [2.75, 3.05) is 13.1 Å². The maximum atomic E-state index is 5.98. The number of H-pyrrole nitrogens is 1. The highest BCUT2D eigenvalue weighted by molar-refractivity contribution is 5.52. The van der Waals surface area contributed by atoms with Crippen LogP contribution in [0.15, 0.2) is 83.5 Å². The van der Waals surface area contributed by atoms with Gasteiger partial charge >= 0.3 is 0 Å². The molecule has 0 atom stereocenters. The molecule has 0 radical (unpaired) electrons. The minimum Gasteiger partial charge on any atom is -0.463 e. The predicted octanol–water partition coefficient (Wildman–Crippen LogP) is 5.84. The number of aromatic amines is 1. The van der Waals surface area contributed by atoms with Crippen molar-refractivity contribution in [1.29, 1.82) is 0 Å². The van der Waals surface area contributed by atoms with Crippen molar-refractivity contribution in [3.8, 4) is 23.0 Å². The van der Waals surface area contributed by atoms with E-state index in [9.17, 15) is 0 Å². The highest BCUT2D eigenvalue weighted by atomic mass is 16.5. The van der Waals surface area contributed by atoms with Crippen molar-refractivity contribution >= 4 is 0 Å². The summed E-state index contributed by atoms with van der Waals surface area (Å²) in [7, 11) is 0. The van der Waals surface area contributed by atoms with Crippen LogP contribution in [0.2, 0.25) is 0 Å². The van der Waals surface area contributed by atoms with Crippen LogP contribution in [0.5, 0.6) is 11.5 Å². The SMILES string of the molecule is c1ccc(Oc2cccc(CN3CCC(c4cc(-c5ccco5)n[nH]4)CC3)c2)cc1. The number of nitrogens with one attached hydrogen (secondary N) is 1. The fraction of sp³-hybridized carbons (Fsp3) is 0.240. The van der Waals surface area contributed by atoms with Crippen LogP contribution in [-0.2, 0) is 6.54 Å². The largest absolute Gasteiger partial charge is 0.463 e. The Morgan fingerprint density at radius 2 is 1.77 bits per heavy atom. The first-order chi connectivity index (χ1) is 14.8. The fourth-order valence-corrected chi connectivity index (χ4v) is 4.09. The lowest BCUT2D eigenvalue weighted by molar-refractivity contribution is 0.203. The number of furan rings is 1. The summed E-state index contributed by atoms with van der Waals surface area (Å²) in [5.74, 6) is 3.08. The second kappa shape index (κ2) is 8.59. The van der Waals surface area contributed by atoms with E-state index in [0.29, 0.717) is 5.92 Å². The molecule has 5 heteroatoms. The van der Waals surface area contributed by atoms with E-state index in [-0.39, 0.29) is 0 Å². The minimum absolute atomic E-state index is 0.519. The van der Waals surface area contributed by atoms with Gasteiger partial charge in [-0.05, 0) is 74.0 Å². The first-order valence-corrected chi connectivity index (χ1v) is 10.5. The number of nitrogens with zero attached hydrogens (tertiary/aromatic N) is 2. The first kappa shape index (κ1) is 18.7. The standard InChI is InChI=1S/C25H25N3O2/c1-2-7-21(8-3-1)30-22-9-4-6-19(16-22)18-28-13-11-20(12-14-28)23-17-24(27-26-23)25-10-5-15-29-25/h1-10,15-17,20H,11-14,18H2,(H,26,27). The van der Waals surface area contributed by atoms with Crippen LogP contribution in [0.1, 0.15) is 30.0 Å². The zero-order valence-electron chi connectivity index (χ0n) is 16.8. The second-order valence-electron chi connectivity index (χ2n) is 7.80. The number of benzene rings is 2. The summed E-state index contributed by atoms with van der Waals surface area (Å²) in [4.78, 5) is 2.52. The maximum Gasteiger partial charge on any atom is 0.154 e. The average Bonchev–Trinajstić information content (AvgIpc) is 3.48. The Balaban J connectivity index is 1.17. The Morgan fingerprint density at radius 1 is 0.933 bits per heavy atom. The Morgan fingerprint density at radius 3 is 2.57 bits per heavy atom. The molecule has 1 fully saturated rings. The highest BCUT2D eigenvalue weighted by Gasteiger charge is 2.23. The van der Waals surface area contributed by atoms with Gasteiger partial charge in [-0.3, -0.25) is 10.00 Å². The zero-order chi connectivity index (χ0) is 20.2. The lowest BCUT2D eigenvalue weighted by Gasteiger charge is -2.31. The number of rotatable bonds is 6. The molecule has 1 aliphatic heterocycles. The van der Waals surface area contributed by atoms with E-state index in [2.05, 4.69) is 39.4 Å². The van der Waals surface area contributed by atoms with E-state index in [1.54, 1.807) is 6.26 Å². The zero-order valence-corrected chi connectivity index (χ0v) is 16.8. The number of hydrogen-bond donors (Lipinski definition) is 1. The third-order valence-electron chi connectivity index (χ3n) is 5.68. The Bertz CT molecular complexity index is 1060. The van der Waals surface area contributed by atoms with Crippen LogP contribution in [0.3, 0.4) is 0 Å². The number of para-hydroxylation sites is 1. The molecule has 1 N–H and O–H groups in total. The first-order valence-electron chi connectivity index (χ1n) is 10.5. The summed E-state index contributed by atoms with van der Waals surface area (Å²) in [6.07, 6.45) is 3.93. The average molecular weight is 399 g/mol. The molecule has 0 spiro atoms. The quantitative estimate of drug-likeness (QED) is 0.442. The Kier molecular flexibility index (Phi) is 5.36. The van der Waals surface area contributed by atoms with Crippen LogP contribution in [-0.4, -0.2) is 28.2 Å². The van der Waals surface area contributed by atoms with E-state index in [1.165, 1.54) is 11.3 Å². The van der Waals surface area contributed by atoms with Crippen LogP contribution in [0.25, 0.3) is 11.5 Å². The molecular formula is C25H25N3O2. The van der Waals surface area contributed by atoms with Gasteiger partial charge in [-0.25, -0.2) is 0 Å². The summed E-state index contributed by atoms with van der Waals surface area (Å²) in [5, 5.41) is 7.63. The lowest BCUT2D eigenvalue weighted by atomic mass is 9.93. The third-order valence-corrected chi connectivity index (χ3v) is 5.68. The molecule has 3 heterocycles. The molecule has 30 heavy (non-hydrogen) atoms. The van der Waals surface area contributed by atoms with Gasteiger partial charge in [-0.1, -0.05) is 30.3 Å². The predicted molar refractivity (Wildman–Crippen MR) is 116 cm³/mol. The van der Waals surface area contributed by atoms with Gasteiger partial charge in [0.1, 0.15) is 17.2 Å². The molecule has 0 unspecified atom stereocenters. The molecule has 0 bridgehead atoms. The topological polar surface area (TPSA) is 54.3 Å². The lowest BCUT2D eigenvalue weighted by Crippen LogP contribution is -2.32. The fourth-order valence-electron chi connectivity index (χ4n) is 4.09. The van der Waals surface area contributed by atoms with Crippen LogP contribution in [0.4, 0.5) is 0 Å². The van der Waals surface area contributed by atoms with Crippen LogP contribution >= 0.6 is 0 Å². The normalized spacial score (nSPS) is 15.3. The Hall–Kier alpha value is -3.31. The Labute approximate surface area is 176 Å². The highest BCUT2D eigenvalue weighted by Crippen LogP contribution is 2.30. The van der Waals surface area contributed by atoms with Crippen LogP contribution < -0.4 is 4.74 Å². The van der Waals surface area contributed by atoms with Gasteiger partial charge in [0.15, 0.2) is 5.76 Å². The van der Waals surface area contributed by atoms with Gasteiger partial charge < -0.3 is 9.15 Å². The molecule has 4 aromatic rings. The molecule has 1 aliphatic rings. The van der Waals surface area contributed by atoms with E-state index in [1.807, 2.05) is 48.5 Å². The molecule has 0 saturated carbocycles. The molecule has 2 aromatic heterocycles. The summed E-state index contributed by atoms with van der Waals surface area (Å²) in [6, 6.07) is 24.3. The van der Waals surface area contributed by atoms with Crippen molar-refractivity contribution in [3.63, 3.8) is 0 Å². The van der Waals surface area contributed by atoms with Crippen molar-refractivity contribution < 1.29 is 9.15 Å². The van der Waals surface area contributed by atoms with Crippen molar-refractivity contribution in [1.82, 2.24) is 15.1 Å². The van der Waals surface area contributed by atoms with Gasteiger partial charge in [-0.2, -0.15) is 5.10 Å². The molecule has 1 saturated heterocycles. The van der Waals surface area contributed by atoms with Gasteiger partial charge in [0.2, 0.25) is 0 Å². The van der Waals surface area contributed by atoms with E-state index >= 15 is 0 Å². The molecular weight excluding hydrogens is 374 g/mol. The number of piperidine rings is 1. The second-order valence-corrected chi connectivity index (χ2v) is 7.80. The van der Waals surface area contributed by atoms with Gasteiger partial charge in [-0.15, -0.1) is 0 Å². The number of likely N-dealkylation sites (tertiary alicyclic amines) is 1. The molecule has 5 rings (SSSR count). The number of hydrogen-bond acceptors (Lipinski definition) is 4. The smallest absolute Gasteiger partial charge is 0.154 e. The summed E-state index contributed by atoms with van der Waals surface area (Å²) < 4.78 is 11.4.